The van der Waals surface area contributed by atoms with Crippen LogP contribution in [0.3, 0.4) is 0 Å². The van der Waals surface area contributed by atoms with E-state index >= 15 is 0 Å². The second kappa shape index (κ2) is 11.2. The molecule has 1 aliphatic carbocycles. The van der Waals surface area contributed by atoms with E-state index in [2.05, 4.69) is 17.2 Å². The SMILES string of the molecule is CCOC(=O)c1ncn(C[C@H]2CC[C@H]3C(CC)N[C@H](C(=O)O)C[C@H]3C2)c1C.Cl.Cl. The zero-order chi connectivity index (χ0) is 19.6. The Bertz CT molecular complexity index is 697. The summed E-state index contributed by atoms with van der Waals surface area (Å²) >= 11 is 0. The summed E-state index contributed by atoms with van der Waals surface area (Å²) in [4.78, 5) is 27.7. The highest BCUT2D eigenvalue weighted by Gasteiger charge is 2.42. The molecule has 1 saturated heterocycles. The molecule has 9 heteroatoms. The number of carbonyl (C=O) groups is 2. The van der Waals surface area contributed by atoms with E-state index in [1.807, 2.05) is 11.5 Å². The fourth-order valence-corrected chi connectivity index (χ4v) is 5.00. The molecule has 2 N–H and O–H groups in total. The number of hydrogen-bond donors (Lipinski definition) is 2. The number of nitrogens with zero attached hydrogens (tertiary/aromatic N) is 2. The summed E-state index contributed by atoms with van der Waals surface area (Å²) in [7, 11) is 0. The van der Waals surface area contributed by atoms with Crippen molar-refractivity contribution in [3.8, 4) is 0 Å². The van der Waals surface area contributed by atoms with Gasteiger partial charge < -0.3 is 19.7 Å². The molecule has 0 radical (unpaired) electrons. The molecule has 2 fully saturated rings. The maximum Gasteiger partial charge on any atom is 0.358 e. The third-order valence-electron chi connectivity index (χ3n) is 6.38. The van der Waals surface area contributed by atoms with Crippen molar-refractivity contribution in [2.75, 3.05) is 6.61 Å². The Morgan fingerprint density at radius 1 is 1.28 bits per heavy atom. The van der Waals surface area contributed by atoms with Gasteiger partial charge in [0.15, 0.2) is 5.69 Å². The van der Waals surface area contributed by atoms with Crippen molar-refractivity contribution in [3.63, 3.8) is 0 Å². The minimum absolute atomic E-state index is 0. The summed E-state index contributed by atoms with van der Waals surface area (Å²) in [6.07, 6.45) is 6.71. The predicted molar refractivity (Wildman–Crippen MR) is 115 cm³/mol. The number of aromatic nitrogens is 2. The topological polar surface area (TPSA) is 93.5 Å². The van der Waals surface area contributed by atoms with Crippen LogP contribution in [0.1, 0.15) is 62.1 Å². The van der Waals surface area contributed by atoms with Gasteiger partial charge in [0.25, 0.3) is 0 Å². The molecule has 0 spiro atoms. The van der Waals surface area contributed by atoms with Crippen LogP contribution in [0.4, 0.5) is 0 Å². The van der Waals surface area contributed by atoms with E-state index in [4.69, 9.17) is 4.74 Å². The van der Waals surface area contributed by atoms with Crippen LogP contribution in [0, 0.1) is 24.7 Å². The lowest BCUT2D eigenvalue weighted by Gasteiger charge is -2.46. The van der Waals surface area contributed by atoms with E-state index in [-0.39, 0.29) is 30.8 Å². The van der Waals surface area contributed by atoms with Crippen molar-refractivity contribution in [1.29, 1.82) is 0 Å². The molecule has 1 aromatic heterocycles. The zero-order valence-corrected chi connectivity index (χ0v) is 18.9. The average molecular weight is 450 g/mol. The van der Waals surface area contributed by atoms with Gasteiger partial charge in [-0.25, -0.2) is 9.78 Å². The summed E-state index contributed by atoms with van der Waals surface area (Å²) < 4.78 is 7.11. The van der Waals surface area contributed by atoms with Gasteiger partial charge in [-0.2, -0.15) is 0 Å². The number of ether oxygens (including phenoxy) is 1. The number of piperidine rings is 1. The number of fused-ring (bicyclic) bond motifs is 1. The highest BCUT2D eigenvalue weighted by molar-refractivity contribution is 5.88. The number of carbonyl (C=O) groups excluding carboxylic acids is 1. The summed E-state index contributed by atoms with van der Waals surface area (Å²) in [5, 5.41) is 12.8. The number of carboxylic acids is 1. The first kappa shape index (κ1) is 25.7. The molecule has 1 unspecified atom stereocenters. The van der Waals surface area contributed by atoms with Crippen molar-refractivity contribution in [1.82, 2.24) is 14.9 Å². The van der Waals surface area contributed by atoms with E-state index in [0.717, 1.165) is 37.9 Å². The smallest absolute Gasteiger partial charge is 0.358 e. The molecule has 7 nitrogen and oxygen atoms in total. The molecule has 29 heavy (non-hydrogen) atoms. The summed E-state index contributed by atoms with van der Waals surface area (Å²) in [5.41, 5.74) is 1.24. The number of halogens is 2. The molecule has 3 rings (SSSR count). The largest absolute Gasteiger partial charge is 0.480 e. The molecular formula is C20H33Cl2N3O4. The quantitative estimate of drug-likeness (QED) is 0.645. The maximum absolute atomic E-state index is 12.0. The fraction of sp³-hybridized carbons (Fsp3) is 0.750. The van der Waals surface area contributed by atoms with Gasteiger partial charge in [0.05, 0.1) is 12.9 Å². The summed E-state index contributed by atoms with van der Waals surface area (Å²) in [6.45, 7) is 6.99. The van der Waals surface area contributed by atoms with E-state index < -0.39 is 12.0 Å². The fourth-order valence-electron chi connectivity index (χ4n) is 5.00. The lowest BCUT2D eigenvalue weighted by Crippen LogP contribution is -2.55. The lowest BCUT2D eigenvalue weighted by atomic mass is 9.66. The van der Waals surface area contributed by atoms with Gasteiger partial charge in [-0.05, 0) is 63.7 Å². The number of esters is 1. The molecule has 0 bridgehead atoms. The monoisotopic (exact) mass is 449 g/mol. The van der Waals surface area contributed by atoms with Crippen LogP contribution in [-0.2, 0) is 16.1 Å². The Morgan fingerprint density at radius 2 is 2.00 bits per heavy atom. The van der Waals surface area contributed by atoms with Gasteiger partial charge in [0.2, 0.25) is 0 Å². The average Bonchev–Trinajstić information content (AvgIpc) is 3.01. The molecule has 2 aliphatic rings. The maximum atomic E-state index is 12.0. The Labute approximate surface area is 184 Å². The Hall–Kier alpha value is -1.31. The van der Waals surface area contributed by atoms with E-state index in [1.165, 1.54) is 0 Å². The molecule has 1 aromatic rings. The standard InChI is InChI=1S/C20H31N3O4.2ClH/c1-4-16-15-7-6-13(8-14(15)9-17(22-16)19(24)25)10-23-11-21-18(12(23)3)20(26)27-5-2;;/h11,13-17,22H,4-10H2,1-3H3,(H,24,25);2*1H/t13-,14+,15+,16?,17-;;/m0../s1. The van der Waals surface area contributed by atoms with Gasteiger partial charge in [-0.15, -0.1) is 24.8 Å². The summed E-state index contributed by atoms with van der Waals surface area (Å²) in [5.74, 6) is 0.397. The van der Waals surface area contributed by atoms with Crippen LogP contribution in [0.2, 0.25) is 0 Å². The van der Waals surface area contributed by atoms with Gasteiger partial charge in [0, 0.05) is 18.3 Å². The van der Waals surface area contributed by atoms with E-state index in [0.29, 0.717) is 42.5 Å². The number of rotatable bonds is 6. The van der Waals surface area contributed by atoms with Gasteiger partial charge >= 0.3 is 11.9 Å². The van der Waals surface area contributed by atoms with Crippen molar-refractivity contribution in [2.45, 2.75) is 71.5 Å². The molecule has 1 saturated carbocycles. The van der Waals surface area contributed by atoms with Crippen molar-refractivity contribution >= 4 is 36.8 Å². The Kier molecular flexibility index (Phi) is 9.92. The van der Waals surface area contributed by atoms with Crippen LogP contribution in [0.25, 0.3) is 0 Å². The van der Waals surface area contributed by atoms with Gasteiger partial charge in [-0.3, -0.25) is 4.79 Å². The number of aliphatic carboxylic acids is 1. The Balaban J connectivity index is 0.00000210. The highest BCUT2D eigenvalue weighted by atomic mass is 35.5. The van der Waals surface area contributed by atoms with Crippen LogP contribution in [0.15, 0.2) is 6.33 Å². The molecule has 5 atom stereocenters. The minimum atomic E-state index is -0.737. The second-order valence-corrected chi connectivity index (χ2v) is 7.96. The predicted octanol–water partition coefficient (Wildman–Crippen LogP) is 3.47. The van der Waals surface area contributed by atoms with Gasteiger partial charge in [-0.1, -0.05) is 6.92 Å². The summed E-state index contributed by atoms with van der Waals surface area (Å²) in [6, 6.07) is -0.128. The molecular weight excluding hydrogens is 417 g/mol. The third-order valence-corrected chi connectivity index (χ3v) is 6.38. The lowest BCUT2D eigenvalue weighted by molar-refractivity contribution is -0.142. The zero-order valence-electron chi connectivity index (χ0n) is 17.3. The normalized spacial score (nSPS) is 28.4. The first-order chi connectivity index (χ1) is 12.9. The van der Waals surface area contributed by atoms with Crippen LogP contribution in [-0.4, -0.2) is 45.3 Å². The Morgan fingerprint density at radius 3 is 2.62 bits per heavy atom. The molecule has 1 aliphatic heterocycles. The molecule has 0 aromatic carbocycles. The van der Waals surface area contributed by atoms with E-state index in [1.54, 1.807) is 13.3 Å². The van der Waals surface area contributed by atoms with Crippen LogP contribution >= 0.6 is 24.8 Å². The van der Waals surface area contributed by atoms with Crippen molar-refractivity contribution < 1.29 is 19.4 Å². The van der Waals surface area contributed by atoms with Crippen LogP contribution in [0.5, 0.6) is 0 Å². The van der Waals surface area contributed by atoms with Crippen LogP contribution < -0.4 is 5.32 Å². The van der Waals surface area contributed by atoms with Crippen molar-refractivity contribution in [3.05, 3.63) is 17.7 Å². The van der Waals surface area contributed by atoms with Crippen molar-refractivity contribution in [2.24, 2.45) is 17.8 Å². The molecule has 0 amide bonds. The highest BCUT2D eigenvalue weighted by Crippen LogP contribution is 2.42. The number of hydrogen-bond acceptors (Lipinski definition) is 5. The third kappa shape index (κ3) is 5.64. The van der Waals surface area contributed by atoms with E-state index in [9.17, 15) is 14.7 Å². The first-order valence-electron chi connectivity index (χ1n) is 10.1. The second-order valence-electron chi connectivity index (χ2n) is 7.96. The first-order valence-corrected chi connectivity index (χ1v) is 10.1. The minimum Gasteiger partial charge on any atom is -0.480 e. The van der Waals surface area contributed by atoms with Gasteiger partial charge in [0.1, 0.15) is 6.04 Å². The number of imidazole rings is 1. The number of nitrogens with one attached hydrogen (secondary N) is 1. The number of carboxylic acid groups (broad SMARTS) is 1. The molecule has 2 heterocycles. The molecule has 166 valence electrons.